The maximum absolute atomic E-state index is 12.4. The van der Waals surface area contributed by atoms with Gasteiger partial charge in [-0.15, -0.1) is 0 Å². The van der Waals surface area contributed by atoms with Gasteiger partial charge in [-0.1, -0.05) is 78.7 Å². The molecule has 38 heavy (non-hydrogen) atoms. The number of rotatable bonds is 2. The Morgan fingerprint density at radius 3 is 2.05 bits per heavy atom. The van der Waals surface area contributed by atoms with Crippen molar-refractivity contribution in [2.45, 2.75) is 126 Å². The molecule has 0 spiro atoms. The molecule has 0 N–H and O–H groups in total. The van der Waals surface area contributed by atoms with Gasteiger partial charge >= 0.3 is 11.9 Å². The summed E-state index contributed by atoms with van der Waals surface area (Å²) in [5, 5.41) is 0. The van der Waals surface area contributed by atoms with Crippen molar-refractivity contribution in [2.24, 2.45) is 50.7 Å². The van der Waals surface area contributed by atoms with Crippen molar-refractivity contribution in [3.8, 4) is 0 Å². The lowest BCUT2D eigenvalue weighted by Gasteiger charge is -2.69. The first kappa shape index (κ1) is 28.0. The lowest BCUT2D eigenvalue weighted by molar-refractivity contribution is -0.184. The average Bonchev–Trinajstić information content (AvgIpc) is 2.79. The monoisotopic (exact) mass is 524 g/mol. The van der Waals surface area contributed by atoms with Crippen LogP contribution in [0.15, 0.2) is 23.3 Å². The molecule has 0 radical (unpaired) electrons. The molecule has 0 unspecified atom stereocenters. The fraction of sp³-hybridized carbons (Fsp3) is 0.824. The van der Waals surface area contributed by atoms with E-state index in [1.165, 1.54) is 6.42 Å². The van der Waals surface area contributed by atoms with Crippen LogP contribution in [0.4, 0.5) is 0 Å². The molecule has 0 saturated heterocycles. The van der Waals surface area contributed by atoms with Crippen molar-refractivity contribution < 1.29 is 19.1 Å². The van der Waals surface area contributed by atoms with Gasteiger partial charge in [0.25, 0.3) is 0 Å². The van der Waals surface area contributed by atoms with Crippen molar-refractivity contribution in [3.63, 3.8) is 0 Å². The lowest BCUT2D eigenvalue weighted by atomic mass is 9.35. The molecule has 0 aliphatic heterocycles. The van der Waals surface area contributed by atoms with E-state index in [4.69, 9.17) is 9.47 Å². The molecule has 4 nitrogen and oxygen atoms in total. The van der Waals surface area contributed by atoms with Crippen LogP contribution in [0.5, 0.6) is 0 Å². The van der Waals surface area contributed by atoms with Gasteiger partial charge in [0.2, 0.25) is 0 Å². The van der Waals surface area contributed by atoms with Crippen LogP contribution in [-0.4, -0.2) is 24.1 Å². The van der Waals surface area contributed by atoms with Gasteiger partial charge in [0.05, 0.1) is 0 Å². The van der Waals surface area contributed by atoms with Gasteiger partial charge in [-0.25, -0.2) is 0 Å². The first-order valence-corrected chi connectivity index (χ1v) is 15.3. The number of allylic oxidation sites excluding steroid dienone is 4. The molecular formula is C34H52O4. The molecule has 4 saturated carbocycles. The minimum Gasteiger partial charge on any atom is -0.462 e. The van der Waals surface area contributed by atoms with Crippen LogP contribution in [0.25, 0.3) is 0 Å². The fourth-order valence-corrected chi connectivity index (χ4v) is 10.9. The molecule has 5 rings (SSSR count). The van der Waals surface area contributed by atoms with Crippen molar-refractivity contribution >= 4 is 11.9 Å². The van der Waals surface area contributed by atoms with E-state index in [0.717, 1.165) is 38.5 Å². The van der Waals surface area contributed by atoms with E-state index in [0.29, 0.717) is 23.7 Å². The second-order valence-electron chi connectivity index (χ2n) is 15.5. The highest BCUT2D eigenvalue weighted by Gasteiger charge is 2.68. The summed E-state index contributed by atoms with van der Waals surface area (Å²) in [6.45, 7) is 22.6. The highest BCUT2D eigenvalue weighted by Crippen LogP contribution is 2.74. The average molecular weight is 525 g/mol. The van der Waals surface area contributed by atoms with Crippen LogP contribution >= 0.6 is 0 Å². The number of hydrogen-bond donors (Lipinski definition) is 0. The summed E-state index contributed by atoms with van der Waals surface area (Å²) in [6.07, 6.45) is 12.4. The Balaban J connectivity index is 1.63. The Hall–Kier alpha value is -1.58. The predicted octanol–water partition coefficient (Wildman–Crippen LogP) is 8.06. The Bertz CT molecular complexity index is 1080. The summed E-state index contributed by atoms with van der Waals surface area (Å²) < 4.78 is 12.2. The van der Waals surface area contributed by atoms with Crippen LogP contribution in [0.1, 0.15) is 114 Å². The van der Waals surface area contributed by atoms with Crippen molar-refractivity contribution in [1.82, 2.24) is 0 Å². The van der Waals surface area contributed by atoms with E-state index in [1.54, 1.807) is 25.0 Å². The number of esters is 2. The third kappa shape index (κ3) is 3.59. The zero-order valence-electron chi connectivity index (χ0n) is 25.7. The van der Waals surface area contributed by atoms with Gasteiger partial charge in [-0.05, 0) is 79.4 Å². The molecule has 0 aromatic heterocycles. The maximum atomic E-state index is 12.4. The normalized spacial score (nSPS) is 49.2. The summed E-state index contributed by atoms with van der Waals surface area (Å²) in [6, 6.07) is 0. The molecule has 4 fully saturated rings. The summed E-state index contributed by atoms with van der Waals surface area (Å²) in [5.74, 6) is 1.79. The third-order valence-corrected chi connectivity index (χ3v) is 13.4. The summed E-state index contributed by atoms with van der Waals surface area (Å²) >= 11 is 0. The third-order valence-electron chi connectivity index (χ3n) is 13.4. The van der Waals surface area contributed by atoms with E-state index in [2.05, 4.69) is 67.5 Å². The van der Waals surface area contributed by atoms with Crippen LogP contribution in [0.3, 0.4) is 0 Å². The standard InChI is InChI=1S/C34H52O4/c1-20-13-16-32(8)28(38-23(4)36)19-34(10)24(29(32)21(20)2)11-12-26-31(7)17-15-27(37-22(3)35)30(5,6)25(31)14-18-33(26,34)9/h11-12,20-21,25,27-29H,13-19H2,1-10H3/t20-,21+,25+,27+,28+,29-,31-,32+,33-,34-/m1/s1. The molecule has 10 atom stereocenters. The molecule has 0 amide bonds. The quantitative estimate of drug-likeness (QED) is 0.343. The first-order valence-electron chi connectivity index (χ1n) is 15.3. The largest absolute Gasteiger partial charge is 0.462 e. The molecule has 0 aromatic rings. The van der Waals surface area contributed by atoms with Gasteiger partial charge in [0.15, 0.2) is 0 Å². The van der Waals surface area contributed by atoms with Gasteiger partial charge in [0.1, 0.15) is 12.2 Å². The molecule has 0 heterocycles. The molecule has 5 aliphatic rings. The van der Waals surface area contributed by atoms with E-state index < -0.39 is 0 Å². The smallest absolute Gasteiger partial charge is 0.302 e. The number of ether oxygens (including phenoxy) is 2. The van der Waals surface area contributed by atoms with Gasteiger partial charge < -0.3 is 9.47 Å². The summed E-state index contributed by atoms with van der Waals surface area (Å²) in [4.78, 5) is 24.4. The highest BCUT2D eigenvalue weighted by atomic mass is 16.5. The predicted molar refractivity (Wildman–Crippen MR) is 151 cm³/mol. The Labute approximate surface area is 231 Å². The zero-order chi connectivity index (χ0) is 28.1. The number of fused-ring (bicyclic) bond motifs is 7. The summed E-state index contributed by atoms with van der Waals surface area (Å²) in [7, 11) is 0. The van der Waals surface area contributed by atoms with Crippen molar-refractivity contribution in [3.05, 3.63) is 23.3 Å². The van der Waals surface area contributed by atoms with Crippen LogP contribution in [-0.2, 0) is 19.1 Å². The second kappa shape index (κ2) is 8.71. The molecule has 5 aliphatic carbocycles. The minimum atomic E-state index is -0.165. The van der Waals surface area contributed by atoms with Gasteiger partial charge in [-0.3, -0.25) is 9.59 Å². The molecule has 212 valence electrons. The van der Waals surface area contributed by atoms with Crippen molar-refractivity contribution in [1.29, 1.82) is 0 Å². The van der Waals surface area contributed by atoms with E-state index in [9.17, 15) is 9.59 Å². The van der Waals surface area contributed by atoms with Crippen LogP contribution in [0.2, 0.25) is 0 Å². The Morgan fingerprint density at radius 1 is 0.789 bits per heavy atom. The topological polar surface area (TPSA) is 52.6 Å². The zero-order valence-corrected chi connectivity index (χ0v) is 25.7. The maximum Gasteiger partial charge on any atom is 0.302 e. The highest BCUT2D eigenvalue weighted by molar-refractivity contribution is 5.66. The van der Waals surface area contributed by atoms with Crippen LogP contribution in [0, 0.1) is 50.7 Å². The number of carbonyl (C=O) groups is 2. The fourth-order valence-electron chi connectivity index (χ4n) is 10.9. The SMILES string of the molecule is CC(=O)O[C@H]1CC[C@@]2(C)C3=CC=C4[C@H]5[C@@H](C)[C@H](C)CC[C@@]5(C)[C@@H](OC(C)=O)C[C@@]4(C)[C@]3(C)CC[C@H]2C1(C)C. The minimum absolute atomic E-state index is 0.00676. The molecular weight excluding hydrogens is 472 g/mol. The van der Waals surface area contributed by atoms with Crippen molar-refractivity contribution in [2.75, 3.05) is 0 Å². The number of carbonyl (C=O) groups excluding carboxylic acids is 2. The lowest BCUT2D eigenvalue weighted by Crippen LogP contribution is -2.64. The van der Waals surface area contributed by atoms with E-state index in [-0.39, 0.29) is 51.2 Å². The van der Waals surface area contributed by atoms with E-state index >= 15 is 0 Å². The van der Waals surface area contributed by atoms with Gasteiger partial charge in [-0.2, -0.15) is 0 Å². The number of hydrogen-bond acceptors (Lipinski definition) is 4. The van der Waals surface area contributed by atoms with Crippen LogP contribution < -0.4 is 0 Å². The second-order valence-corrected chi connectivity index (χ2v) is 15.5. The van der Waals surface area contributed by atoms with Gasteiger partial charge in [0, 0.05) is 30.1 Å². The first-order chi connectivity index (χ1) is 17.5. The molecule has 4 heteroatoms. The van der Waals surface area contributed by atoms with E-state index in [1.807, 2.05) is 0 Å². The Kier molecular flexibility index (Phi) is 6.41. The molecule has 0 aromatic carbocycles. The molecule has 0 bridgehead atoms. The Morgan fingerprint density at radius 2 is 1.42 bits per heavy atom. The summed E-state index contributed by atoms with van der Waals surface area (Å²) in [5.41, 5.74) is 3.11.